The summed E-state index contributed by atoms with van der Waals surface area (Å²) < 4.78 is 14.0. The van der Waals surface area contributed by atoms with Gasteiger partial charge in [-0.05, 0) is 31.0 Å². The summed E-state index contributed by atoms with van der Waals surface area (Å²) in [5.41, 5.74) is 5.52. The fourth-order valence-electron chi connectivity index (χ4n) is 2.00. The lowest BCUT2D eigenvalue weighted by atomic mass is 10.1. The van der Waals surface area contributed by atoms with Gasteiger partial charge in [0.1, 0.15) is 5.82 Å². The van der Waals surface area contributed by atoms with Gasteiger partial charge in [0, 0.05) is 18.2 Å². The topological polar surface area (TPSA) is 83.6 Å². The highest BCUT2D eigenvalue weighted by atomic mass is 19.1. The van der Waals surface area contributed by atoms with Crippen molar-refractivity contribution in [1.29, 1.82) is 0 Å². The van der Waals surface area contributed by atoms with Crippen molar-refractivity contribution in [3.8, 4) is 0 Å². The average Bonchev–Trinajstić information content (AvgIpc) is 3.14. The quantitative estimate of drug-likeness (QED) is 0.814. The SMILES string of the molecule is NC(=O)c1ccc(N(CCC(=O)O)C2CC2)c(F)c1. The summed E-state index contributed by atoms with van der Waals surface area (Å²) in [6.07, 6.45) is 1.81. The number of carboxylic acid groups (broad SMARTS) is 1. The van der Waals surface area contributed by atoms with Crippen LogP contribution in [-0.4, -0.2) is 29.6 Å². The number of carbonyl (C=O) groups excluding carboxylic acids is 1. The summed E-state index contributed by atoms with van der Waals surface area (Å²) in [7, 11) is 0. The van der Waals surface area contributed by atoms with Crippen LogP contribution in [-0.2, 0) is 4.79 Å². The number of carbonyl (C=O) groups is 2. The maximum atomic E-state index is 14.0. The number of hydrogen-bond donors (Lipinski definition) is 2. The maximum Gasteiger partial charge on any atom is 0.305 e. The van der Waals surface area contributed by atoms with Crippen LogP contribution in [0.15, 0.2) is 18.2 Å². The van der Waals surface area contributed by atoms with E-state index < -0.39 is 17.7 Å². The van der Waals surface area contributed by atoms with Gasteiger partial charge in [-0.1, -0.05) is 0 Å². The Morgan fingerprint density at radius 1 is 1.42 bits per heavy atom. The number of rotatable bonds is 6. The normalized spacial score (nSPS) is 14.2. The standard InChI is InChI=1S/C13H15FN2O3/c14-10-7-8(13(15)19)1-4-11(10)16(9-2-3-9)6-5-12(17)18/h1,4,7,9H,2-3,5-6H2,(H2,15,19)(H,17,18). The van der Waals surface area contributed by atoms with Gasteiger partial charge in [-0.3, -0.25) is 9.59 Å². The van der Waals surface area contributed by atoms with Crippen LogP contribution in [0.3, 0.4) is 0 Å². The third-order valence-electron chi connectivity index (χ3n) is 3.10. The van der Waals surface area contributed by atoms with Crippen molar-refractivity contribution in [2.24, 2.45) is 5.73 Å². The number of halogens is 1. The van der Waals surface area contributed by atoms with Crippen LogP contribution in [0.5, 0.6) is 0 Å². The van der Waals surface area contributed by atoms with E-state index in [9.17, 15) is 14.0 Å². The Hall–Kier alpha value is -2.11. The molecule has 1 fully saturated rings. The number of aliphatic carboxylic acids is 1. The smallest absolute Gasteiger partial charge is 0.305 e. The Kier molecular flexibility index (Phi) is 3.69. The molecule has 0 bridgehead atoms. The second-order valence-electron chi connectivity index (χ2n) is 4.60. The lowest BCUT2D eigenvalue weighted by molar-refractivity contribution is -0.136. The van der Waals surface area contributed by atoms with Crippen LogP contribution in [0.4, 0.5) is 10.1 Å². The summed E-state index contributed by atoms with van der Waals surface area (Å²) in [4.78, 5) is 23.3. The van der Waals surface area contributed by atoms with E-state index >= 15 is 0 Å². The minimum Gasteiger partial charge on any atom is -0.481 e. The Bertz CT molecular complexity index is 515. The molecule has 0 radical (unpaired) electrons. The highest BCUT2D eigenvalue weighted by Gasteiger charge is 2.31. The molecule has 19 heavy (non-hydrogen) atoms. The number of nitrogens with zero attached hydrogens (tertiary/aromatic N) is 1. The molecule has 0 aliphatic heterocycles. The van der Waals surface area contributed by atoms with Gasteiger partial charge in [0.15, 0.2) is 0 Å². The van der Waals surface area contributed by atoms with Crippen molar-refractivity contribution >= 4 is 17.6 Å². The van der Waals surface area contributed by atoms with Crippen molar-refractivity contribution in [2.75, 3.05) is 11.4 Å². The Morgan fingerprint density at radius 2 is 2.11 bits per heavy atom. The van der Waals surface area contributed by atoms with Gasteiger partial charge in [-0.2, -0.15) is 0 Å². The van der Waals surface area contributed by atoms with Gasteiger partial charge in [-0.25, -0.2) is 4.39 Å². The molecule has 1 saturated carbocycles. The fourth-order valence-corrected chi connectivity index (χ4v) is 2.00. The molecule has 1 aliphatic carbocycles. The zero-order valence-corrected chi connectivity index (χ0v) is 10.3. The second-order valence-corrected chi connectivity index (χ2v) is 4.60. The Balaban J connectivity index is 2.21. The summed E-state index contributed by atoms with van der Waals surface area (Å²) in [5.74, 6) is -2.15. The summed E-state index contributed by atoms with van der Waals surface area (Å²) in [6, 6.07) is 4.22. The molecule has 0 heterocycles. The molecule has 5 nitrogen and oxygen atoms in total. The first-order valence-corrected chi connectivity index (χ1v) is 6.07. The molecule has 0 unspecified atom stereocenters. The van der Waals surface area contributed by atoms with Crippen molar-refractivity contribution in [1.82, 2.24) is 0 Å². The minimum atomic E-state index is -0.917. The predicted octanol–water partition coefficient (Wildman–Crippen LogP) is 1.37. The van der Waals surface area contributed by atoms with E-state index in [0.29, 0.717) is 5.69 Å². The molecule has 1 aliphatic rings. The van der Waals surface area contributed by atoms with E-state index in [4.69, 9.17) is 10.8 Å². The second kappa shape index (κ2) is 5.26. The average molecular weight is 266 g/mol. The summed E-state index contributed by atoms with van der Waals surface area (Å²) in [6.45, 7) is 0.257. The lowest BCUT2D eigenvalue weighted by Crippen LogP contribution is -2.29. The molecule has 0 atom stereocenters. The molecule has 2 rings (SSSR count). The number of nitrogens with two attached hydrogens (primary N) is 1. The van der Waals surface area contributed by atoms with E-state index in [-0.39, 0.29) is 24.6 Å². The highest BCUT2D eigenvalue weighted by Crippen LogP contribution is 2.33. The van der Waals surface area contributed by atoms with Crippen molar-refractivity contribution < 1.29 is 19.1 Å². The van der Waals surface area contributed by atoms with E-state index in [2.05, 4.69) is 0 Å². The van der Waals surface area contributed by atoms with Gasteiger partial charge in [0.2, 0.25) is 5.91 Å². The van der Waals surface area contributed by atoms with Crippen LogP contribution >= 0.6 is 0 Å². The predicted molar refractivity (Wildman–Crippen MR) is 67.5 cm³/mol. The zero-order valence-electron chi connectivity index (χ0n) is 10.3. The number of benzene rings is 1. The largest absolute Gasteiger partial charge is 0.481 e. The fraction of sp³-hybridized carbons (Fsp3) is 0.385. The third kappa shape index (κ3) is 3.21. The molecule has 0 saturated heterocycles. The van der Waals surface area contributed by atoms with Crippen molar-refractivity contribution in [3.63, 3.8) is 0 Å². The maximum absolute atomic E-state index is 14.0. The van der Waals surface area contributed by atoms with Crippen LogP contribution in [0, 0.1) is 5.82 Å². The molecular weight excluding hydrogens is 251 g/mol. The highest BCUT2D eigenvalue weighted by molar-refractivity contribution is 5.93. The van der Waals surface area contributed by atoms with Crippen molar-refractivity contribution in [2.45, 2.75) is 25.3 Å². The zero-order chi connectivity index (χ0) is 14.0. The van der Waals surface area contributed by atoms with Crippen LogP contribution in [0.2, 0.25) is 0 Å². The third-order valence-corrected chi connectivity index (χ3v) is 3.10. The first-order chi connectivity index (χ1) is 8.99. The van der Waals surface area contributed by atoms with Gasteiger partial charge < -0.3 is 15.7 Å². The molecule has 1 aromatic carbocycles. The van der Waals surface area contributed by atoms with Gasteiger partial charge in [0.05, 0.1) is 12.1 Å². The number of hydrogen-bond acceptors (Lipinski definition) is 3. The van der Waals surface area contributed by atoms with Gasteiger partial charge in [0.25, 0.3) is 0 Å². The van der Waals surface area contributed by atoms with Crippen LogP contribution in [0.25, 0.3) is 0 Å². The van der Waals surface area contributed by atoms with E-state index in [1.807, 2.05) is 0 Å². The molecule has 0 spiro atoms. The molecule has 102 valence electrons. The molecule has 1 amide bonds. The molecule has 1 aromatic rings. The van der Waals surface area contributed by atoms with Crippen molar-refractivity contribution in [3.05, 3.63) is 29.6 Å². The van der Waals surface area contributed by atoms with E-state index in [0.717, 1.165) is 18.9 Å². The number of amides is 1. The molecule has 3 N–H and O–H groups in total. The molecular formula is C13H15FN2O3. The Labute approximate surface area is 109 Å². The van der Waals surface area contributed by atoms with Gasteiger partial charge in [-0.15, -0.1) is 0 Å². The van der Waals surface area contributed by atoms with E-state index in [1.54, 1.807) is 4.90 Å². The van der Waals surface area contributed by atoms with Gasteiger partial charge >= 0.3 is 5.97 Å². The summed E-state index contributed by atoms with van der Waals surface area (Å²) in [5, 5.41) is 8.72. The molecule has 0 aromatic heterocycles. The number of carboxylic acids is 1. The summed E-state index contributed by atoms with van der Waals surface area (Å²) >= 11 is 0. The Morgan fingerprint density at radius 3 is 2.58 bits per heavy atom. The first kappa shape index (κ1) is 13.3. The minimum absolute atomic E-state index is 0.0481. The number of anilines is 1. The lowest BCUT2D eigenvalue weighted by Gasteiger charge is -2.24. The number of primary amides is 1. The first-order valence-electron chi connectivity index (χ1n) is 6.07. The molecule has 6 heteroatoms. The van der Waals surface area contributed by atoms with Crippen LogP contribution in [0.1, 0.15) is 29.6 Å². The van der Waals surface area contributed by atoms with Crippen LogP contribution < -0.4 is 10.6 Å². The van der Waals surface area contributed by atoms with E-state index in [1.165, 1.54) is 12.1 Å². The monoisotopic (exact) mass is 266 g/mol.